The van der Waals surface area contributed by atoms with Crippen LogP contribution in [0.3, 0.4) is 0 Å². The molecule has 2 rings (SSSR count). The summed E-state index contributed by atoms with van der Waals surface area (Å²) in [7, 11) is 4.00. The van der Waals surface area contributed by atoms with Crippen molar-refractivity contribution in [3.63, 3.8) is 0 Å². The average molecular weight is 280 g/mol. The summed E-state index contributed by atoms with van der Waals surface area (Å²) in [6.07, 6.45) is 0. The van der Waals surface area contributed by atoms with E-state index in [1.54, 1.807) is 0 Å². The summed E-state index contributed by atoms with van der Waals surface area (Å²) in [5.41, 5.74) is 2.07. The summed E-state index contributed by atoms with van der Waals surface area (Å²) < 4.78 is 8.17. The molecule has 114 valence electrons. The summed E-state index contributed by atoms with van der Waals surface area (Å²) in [4.78, 5) is 2.41. The minimum atomic E-state index is -0.156. The van der Waals surface area contributed by atoms with Gasteiger partial charge in [-0.1, -0.05) is 0 Å². The number of anilines is 1. The van der Waals surface area contributed by atoms with Crippen LogP contribution in [0.25, 0.3) is 0 Å². The van der Waals surface area contributed by atoms with Gasteiger partial charge in [0.15, 0.2) is 0 Å². The molecular weight excluding hydrogens is 252 g/mol. The maximum Gasteiger partial charge on any atom is 0.131 e. The summed E-state index contributed by atoms with van der Waals surface area (Å²) in [5.74, 6) is 1.21. The molecule has 0 radical (unpaired) electrons. The van der Waals surface area contributed by atoms with Crippen LogP contribution in [0.15, 0.2) is 0 Å². The van der Waals surface area contributed by atoms with Crippen molar-refractivity contribution in [2.45, 2.75) is 52.4 Å². The van der Waals surface area contributed by atoms with Crippen LogP contribution in [-0.2, 0) is 18.3 Å². The van der Waals surface area contributed by atoms with E-state index < -0.39 is 0 Å². The molecule has 5 heteroatoms. The summed E-state index contributed by atoms with van der Waals surface area (Å²) in [5, 5.41) is 7.84. The number of ether oxygens (including phenoxy) is 1. The van der Waals surface area contributed by atoms with Crippen LogP contribution < -0.4 is 10.2 Å². The molecule has 1 N–H and O–H groups in total. The molecule has 2 heterocycles. The highest BCUT2D eigenvalue weighted by Crippen LogP contribution is 2.33. The molecule has 1 saturated heterocycles. The molecule has 1 aromatic rings. The molecule has 1 fully saturated rings. The van der Waals surface area contributed by atoms with Gasteiger partial charge < -0.3 is 15.0 Å². The Morgan fingerprint density at radius 3 is 2.25 bits per heavy atom. The largest absolute Gasteiger partial charge is 0.366 e. The van der Waals surface area contributed by atoms with Crippen molar-refractivity contribution in [1.29, 1.82) is 0 Å². The third kappa shape index (κ3) is 2.99. The first-order valence-electron chi connectivity index (χ1n) is 7.27. The van der Waals surface area contributed by atoms with E-state index >= 15 is 0 Å². The van der Waals surface area contributed by atoms with Crippen LogP contribution in [0.5, 0.6) is 0 Å². The number of aromatic nitrogens is 2. The van der Waals surface area contributed by atoms with Crippen molar-refractivity contribution in [3.8, 4) is 0 Å². The first-order chi connectivity index (χ1) is 9.15. The molecule has 0 bridgehead atoms. The molecule has 1 aromatic heterocycles. The molecule has 1 aliphatic rings. The Labute approximate surface area is 122 Å². The lowest BCUT2D eigenvalue weighted by molar-refractivity contribution is -0.133. The SMILES string of the molecule is CNCc1c(C)nn(C)c1N1CC(C)(C)OC(C)(C)C1. The van der Waals surface area contributed by atoms with E-state index in [0.717, 1.165) is 25.3 Å². The van der Waals surface area contributed by atoms with E-state index in [2.05, 4.69) is 49.9 Å². The van der Waals surface area contributed by atoms with Crippen LogP contribution in [0.2, 0.25) is 0 Å². The zero-order valence-electron chi connectivity index (χ0n) is 13.9. The molecule has 0 atom stereocenters. The van der Waals surface area contributed by atoms with Gasteiger partial charge in [-0.25, -0.2) is 0 Å². The zero-order valence-corrected chi connectivity index (χ0v) is 13.9. The number of hydrogen-bond acceptors (Lipinski definition) is 4. The minimum absolute atomic E-state index is 0.156. The number of nitrogens with zero attached hydrogens (tertiary/aromatic N) is 3. The van der Waals surface area contributed by atoms with Crippen molar-refractivity contribution in [2.75, 3.05) is 25.0 Å². The van der Waals surface area contributed by atoms with Crippen molar-refractivity contribution < 1.29 is 4.74 Å². The third-order valence-electron chi connectivity index (χ3n) is 3.66. The molecule has 5 nitrogen and oxygen atoms in total. The van der Waals surface area contributed by atoms with E-state index in [9.17, 15) is 0 Å². The van der Waals surface area contributed by atoms with Gasteiger partial charge in [-0.2, -0.15) is 5.10 Å². The van der Waals surface area contributed by atoms with Gasteiger partial charge in [0, 0.05) is 32.2 Å². The number of nitrogens with one attached hydrogen (secondary N) is 1. The standard InChI is InChI=1S/C15H28N4O/c1-11-12(8-16-6)13(18(7)17-11)19-9-14(2,3)20-15(4,5)10-19/h16H,8-10H2,1-7H3. The quantitative estimate of drug-likeness (QED) is 0.917. The van der Waals surface area contributed by atoms with Gasteiger partial charge in [-0.05, 0) is 41.7 Å². The monoisotopic (exact) mass is 280 g/mol. The topological polar surface area (TPSA) is 42.3 Å². The number of hydrogen-bond donors (Lipinski definition) is 1. The van der Waals surface area contributed by atoms with E-state index in [1.807, 2.05) is 18.8 Å². The Bertz CT molecular complexity index is 474. The van der Waals surface area contributed by atoms with Crippen molar-refractivity contribution >= 4 is 5.82 Å². The lowest BCUT2D eigenvalue weighted by atomic mass is 9.98. The summed E-state index contributed by atoms with van der Waals surface area (Å²) in [6.45, 7) is 13.3. The van der Waals surface area contributed by atoms with Gasteiger partial charge in [-0.15, -0.1) is 0 Å². The molecule has 0 unspecified atom stereocenters. The lowest BCUT2D eigenvalue weighted by Crippen LogP contribution is -2.57. The van der Waals surface area contributed by atoms with Gasteiger partial charge in [0.05, 0.1) is 16.9 Å². The predicted octanol–water partition coefficient (Wildman–Crippen LogP) is 1.84. The molecule has 0 spiro atoms. The lowest BCUT2D eigenvalue weighted by Gasteiger charge is -2.48. The summed E-state index contributed by atoms with van der Waals surface area (Å²) >= 11 is 0. The van der Waals surface area contributed by atoms with Crippen molar-refractivity contribution in [2.24, 2.45) is 7.05 Å². The number of morpholine rings is 1. The second kappa shape index (κ2) is 5.04. The van der Waals surface area contributed by atoms with E-state index in [-0.39, 0.29) is 11.2 Å². The van der Waals surface area contributed by atoms with Gasteiger partial charge in [0.2, 0.25) is 0 Å². The Balaban J connectivity index is 2.40. The van der Waals surface area contributed by atoms with Crippen LogP contribution in [0.1, 0.15) is 39.0 Å². The molecule has 0 amide bonds. The van der Waals surface area contributed by atoms with Gasteiger partial charge in [-0.3, -0.25) is 4.68 Å². The molecule has 0 saturated carbocycles. The van der Waals surface area contributed by atoms with E-state index in [0.29, 0.717) is 0 Å². The molecular formula is C15H28N4O. The Hall–Kier alpha value is -1.07. The zero-order chi connectivity index (χ0) is 15.1. The molecule has 0 aliphatic carbocycles. The first-order valence-corrected chi connectivity index (χ1v) is 7.27. The predicted molar refractivity (Wildman–Crippen MR) is 82.2 cm³/mol. The maximum absolute atomic E-state index is 6.17. The molecule has 0 aromatic carbocycles. The minimum Gasteiger partial charge on any atom is -0.366 e. The van der Waals surface area contributed by atoms with Crippen LogP contribution in [-0.4, -0.2) is 41.1 Å². The van der Waals surface area contributed by atoms with E-state index in [4.69, 9.17) is 4.74 Å². The first kappa shape index (κ1) is 15.3. The van der Waals surface area contributed by atoms with Crippen LogP contribution in [0.4, 0.5) is 5.82 Å². The smallest absolute Gasteiger partial charge is 0.131 e. The second-order valence-corrected chi connectivity index (χ2v) is 7.02. The van der Waals surface area contributed by atoms with Crippen molar-refractivity contribution in [3.05, 3.63) is 11.3 Å². The Morgan fingerprint density at radius 1 is 1.20 bits per heavy atom. The van der Waals surface area contributed by atoms with Crippen LogP contribution in [0, 0.1) is 6.92 Å². The summed E-state index contributed by atoms with van der Waals surface area (Å²) in [6, 6.07) is 0. The Kier molecular flexibility index (Phi) is 3.86. The maximum atomic E-state index is 6.17. The third-order valence-corrected chi connectivity index (χ3v) is 3.66. The average Bonchev–Trinajstić information content (AvgIpc) is 2.50. The van der Waals surface area contributed by atoms with E-state index in [1.165, 1.54) is 11.4 Å². The number of aryl methyl sites for hydroxylation is 2. The van der Waals surface area contributed by atoms with Gasteiger partial charge >= 0.3 is 0 Å². The normalized spacial score (nSPS) is 21.2. The fourth-order valence-electron chi connectivity index (χ4n) is 3.41. The number of rotatable bonds is 3. The molecule has 20 heavy (non-hydrogen) atoms. The molecule has 1 aliphatic heterocycles. The second-order valence-electron chi connectivity index (χ2n) is 7.02. The highest BCUT2D eigenvalue weighted by atomic mass is 16.5. The fraction of sp³-hybridized carbons (Fsp3) is 0.800. The van der Waals surface area contributed by atoms with Gasteiger partial charge in [0.1, 0.15) is 5.82 Å². The highest BCUT2D eigenvalue weighted by Gasteiger charge is 2.39. The van der Waals surface area contributed by atoms with Gasteiger partial charge in [0.25, 0.3) is 0 Å². The highest BCUT2D eigenvalue weighted by molar-refractivity contribution is 5.51. The van der Waals surface area contributed by atoms with Crippen molar-refractivity contribution in [1.82, 2.24) is 15.1 Å². The Morgan fingerprint density at radius 2 is 1.75 bits per heavy atom. The fourth-order valence-corrected chi connectivity index (χ4v) is 3.41. The van der Waals surface area contributed by atoms with Crippen LogP contribution >= 0.6 is 0 Å².